The van der Waals surface area contributed by atoms with E-state index in [9.17, 15) is 0 Å². The Morgan fingerprint density at radius 2 is 2.00 bits per heavy atom. The molecule has 0 bridgehead atoms. The molecule has 74 valence electrons. The van der Waals surface area contributed by atoms with Crippen LogP contribution in [0.1, 0.15) is 14.6 Å². The van der Waals surface area contributed by atoms with Crippen molar-refractivity contribution in [2.75, 3.05) is 0 Å². The Morgan fingerprint density at radius 3 is 2.50 bits per heavy atom. The SMILES string of the molecule is Clc1ccc(C(Br)c2sccc2Cl)s1. The van der Waals surface area contributed by atoms with E-state index in [2.05, 4.69) is 15.9 Å². The van der Waals surface area contributed by atoms with E-state index in [1.54, 1.807) is 22.7 Å². The number of hydrogen-bond donors (Lipinski definition) is 0. The van der Waals surface area contributed by atoms with Gasteiger partial charge in [0.1, 0.15) is 0 Å². The smallest absolute Gasteiger partial charge is 0.0931 e. The lowest BCUT2D eigenvalue weighted by atomic mass is 10.3. The molecule has 0 saturated heterocycles. The molecule has 2 aromatic rings. The second-order valence-electron chi connectivity index (χ2n) is 2.64. The van der Waals surface area contributed by atoms with Gasteiger partial charge in [-0.15, -0.1) is 22.7 Å². The van der Waals surface area contributed by atoms with Crippen LogP contribution in [0, 0.1) is 0 Å². The van der Waals surface area contributed by atoms with Gasteiger partial charge in [-0.25, -0.2) is 0 Å². The second kappa shape index (κ2) is 4.54. The molecule has 0 spiro atoms. The highest BCUT2D eigenvalue weighted by atomic mass is 79.9. The number of rotatable bonds is 2. The summed E-state index contributed by atoms with van der Waals surface area (Å²) in [5.74, 6) is 0. The number of thiophene rings is 2. The second-order valence-corrected chi connectivity index (χ2v) is 6.65. The maximum atomic E-state index is 6.04. The largest absolute Gasteiger partial charge is 0.146 e. The Morgan fingerprint density at radius 1 is 1.21 bits per heavy atom. The lowest BCUT2D eigenvalue weighted by Crippen LogP contribution is -1.84. The maximum Gasteiger partial charge on any atom is 0.0931 e. The zero-order valence-corrected chi connectivity index (χ0v) is 11.6. The molecule has 0 aromatic carbocycles. The lowest BCUT2D eigenvalue weighted by Gasteiger charge is -2.04. The fourth-order valence-corrected chi connectivity index (χ4v) is 4.50. The van der Waals surface area contributed by atoms with Gasteiger partial charge < -0.3 is 0 Å². The van der Waals surface area contributed by atoms with Gasteiger partial charge in [0.25, 0.3) is 0 Å². The molecule has 0 fully saturated rings. The molecule has 2 aromatic heterocycles. The maximum absolute atomic E-state index is 6.04. The molecule has 0 aliphatic heterocycles. The highest BCUT2D eigenvalue weighted by molar-refractivity contribution is 9.09. The first-order chi connectivity index (χ1) is 6.68. The summed E-state index contributed by atoms with van der Waals surface area (Å²) >= 11 is 18.7. The van der Waals surface area contributed by atoms with E-state index < -0.39 is 0 Å². The van der Waals surface area contributed by atoms with E-state index in [1.165, 1.54) is 4.88 Å². The molecule has 2 rings (SSSR count). The number of hydrogen-bond acceptors (Lipinski definition) is 2. The molecule has 0 saturated carbocycles. The fourth-order valence-electron chi connectivity index (χ4n) is 1.08. The Labute approximate surface area is 109 Å². The van der Waals surface area contributed by atoms with E-state index in [-0.39, 0.29) is 4.83 Å². The van der Waals surface area contributed by atoms with Crippen LogP contribution in [0.2, 0.25) is 9.36 Å². The minimum Gasteiger partial charge on any atom is -0.146 e. The monoisotopic (exact) mass is 326 g/mol. The number of halogens is 3. The molecule has 1 unspecified atom stereocenters. The predicted octanol–water partition coefficient (Wildman–Crippen LogP) is 5.60. The molecular weight excluding hydrogens is 323 g/mol. The summed E-state index contributed by atoms with van der Waals surface area (Å²) < 4.78 is 0.803. The van der Waals surface area contributed by atoms with Crippen molar-refractivity contribution in [3.8, 4) is 0 Å². The van der Waals surface area contributed by atoms with Crippen molar-refractivity contribution in [2.24, 2.45) is 0 Å². The van der Waals surface area contributed by atoms with Crippen LogP contribution in [-0.4, -0.2) is 0 Å². The van der Waals surface area contributed by atoms with Crippen LogP contribution < -0.4 is 0 Å². The Hall–Kier alpha value is 0.460. The Bertz CT molecular complexity index is 435. The van der Waals surface area contributed by atoms with Crippen LogP contribution in [0.25, 0.3) is 0 Å². The summed E-state index contributed by atoms with van der Waals surface area (Å²) in [5, 5.41) is 2.79. The molecule has 14 heavy (non-hydrogen) atoms. The standard InChI is InChI=1S/C9H5BrCl2S2/c10-8(6-1-2-7(12)14-6)9-5(11)3-4-13-9/h1-4,8H. The van der Waals surface area contributed by atoms with Crippen LogP contribution in [0.3, 0.4) is 0 Å². The van der Waals surface area contributed by atoms with Gasteiger partial charge >= 0.3 is 0 Å². The summed E-state index contributed by atoms with van der Waals surface area (Å²) in [6, 6.07) is 5.82. The van der Waals surface area contributed by atoms with Crippen molar-refractivity contribution in [1.29, 1.82) is 0 Å². The normalized spacial score (nSPS) is 13.1. The van der Waals surface area contributed by atoms with E-state index in [0.717, 1.165) is 14.2 Å². The van der Waals surface area contributed by atoms with E-state index >= 15 is 0 Å². The lowest BCUT2D eigenvalue weighted by molar-refractivity contribution is 1.29. The van der Waals surface area contributed by atoms with Crippen LogP contribution in [0.5, 0.6) is 0 Å². The first-order valence-electron chi connectivity index (χ1n) is 3.80. The van der Waals surface area contributed by atoms with Crippen molar-refractivity contribution in [3.05, 3.63) is 42.7 Å². The van der Waals surface area contributed by atoms with Gasteiger partial charge in [-0.1, -0.05) is 39.1 Å². The van der Waals surface area contributed by atoms with Crippen LogP contribution >= 0.6 is 61.8 Å². The minimum absolute atomic E-state index is 0.160. The van der Waals surface area contributed by atoms with Gasteiger partial charge in [-0.05, 0) is 23.6 Å². The molecule has 0 aliphatic rings. The molecule has 0 aliphatic carbocycles. The summed E-state index contributed by atoms with van der Waals surface area (Å²) in [7, 11) is 0. The zero-order chi connectivity index (χ0) is 10.1. The van der Waals surface area contributed by atoms with Gasteiger partial charge in [-0.2, -0.15) is 0 Å². The van der Waals surface area contributed by atoms with Crippen LogP contribution in [0.4, 0.5) is 0 Å². The minimum atomic E-state index is 0.160. The first-order valence-corrected chi connectivity index (χ1v) is 7.17. The van der Waals surface area contributed by atoms with Crippen molar-refractivity contribution >= 4 is 61.8 Å². The van der Waals surface area contributed by atoms with Gasteiger partial charge in [-0.3, -0.25) is 0 Å². The van der Waals surface area contributed by atoms with Gasteiger partial charge in [0.15, 0.2) is 0 Å². The van der Waals surface area contributed by atoms with Crippen LogP contribution in [0.15, 0.2) is 23.6 Å². The summed E-state index contributed by atoms with van der Waals surface area (Å²) in [6.45, 7) is 0. The molecule has 0 amide bonds. The molecule has 0 radical (unpaired) electrons. The van der Waals surface area contributed by atoms with Gasteiger partial charge in [0.05, 0.1) is 14.2 Å². The molecule has 5 heteroatoms. The van der Waals surface area contributed by atoms with E-state index in [1.807, 2.05) is 23.6 Å². The highest BCUT2D eigenvalue weighted by Gasteiger charge is 2.16. The third-order valence-electron chi connectivity index (χ3n) is 1.72. The van der Waals surface area contributed by atoms with Gasteiger partial charge in [0, 0.05) is 9.75 Å². The zero-order valence-electron chi connectivity index (χ0n) is 6.84. The summed E-state index contributed by atoms with van der Waals surface area (Å²) in [5.41, 5.74) is 0. The molecule has 1 atom stereocenters. The first kappa shape index (κ1) is 11.0. The molecule has 0 N–H and O–H groups in total. The van der Waals surface area contributed by atoms with Crippen LogP contribution in [-0.2, 0) is 0 Å². The third-order valence-corrected chi connectivity index (χ3v) is 6.00. The molecule has 0 nitrogen and oxygen atoms in total. The fraction of sp³-hybridized carbons (Fsp3) is 0.111. The third kappa shape index (κ3) is 2.17. The van der Waals surface area contributed by atoms with E-state index in [4.69, 9.17) is 23.2 Å². The van der Waals surface area contributed by atoms with Crippen molar-refractivity contribution in [1.82, 2.24) is 0 Å². The molecule has 2 heterocycles. The number of alkyl halides is 1. The van der Waals surface area contributed by atoms with Gasteiger partial charge in [0.2, 0.25) is 0 Å². The summed E-state index contributed by atoms with van der Waals surface area (Å²) in [4.78, 5) is 2.47. The predicted molar refractivity (Wildman–Crippen MR) is 69.4 cm³/mol. The van der Waals surface area contributed by atoms with Crippen molar-refractivity contribution < 1.29 is 0 Å². The highest BCUT2D eigenvalue weighted by Crippen LogP contribution is 2.41. The summed E-state index contributed by atoms with van der Waals surface area (Å²) in [6.07, 6.45) is 0. The Kier molecular flexibility index (Phi) is 3.55. The topological polar surface area (TPSA) is 0 Å². The molecular formula is C9H5BrCl2S2. The van der Waals surface area contributed by atoms with Crippen molar-refractivity contribution in [3.63, 3.8) is 0 Å². The average Bonchev–Trinajstić information content (AvgIpc) is 2.73. The quantitative estimate of drug-likeness (QED) is 0.630. The average molecular weight is 328 g/mol. The van der Waals surface area contributed by atoms with E-state index in [0.29, 0.717) is 0 Å². The Balaban J connectivity index is 2.33. The van der Waals surface area contributed by atoms with Crippen molar-refractivity contribution in [2.45, 2.75) is 4.83 Å².